The first-order valence-corrected chi connectivity index (χ1v) is 8.63. The molecule has 1 aromatic heterocycles. The van der Waals surface area contributed by atoms with Crippen LogP contribution in [0.15, 0.2) is 51.7 Å². The van der Waals surface area contributed by atoms with Crippen molar-refractivity contribution in [1.29, 1.82) is 0 Å². The van der Waals surface area contributed by atoms with E-state index in [1.165, 1.54) is 43.3 Å². The highest BCUT2D eigenvalue weighted by atomic mass is 16.6. The fourth-order valence-corrected chi connectivity index (χ4v) is 2.72. The molecular weight excluding hydrogens is 380 g/mol. The van der Waals surface area contributed by atoms with E-state index in [2.05, 4.69) is 5.32 Å². The van der Waals surface area contributed by atoms with E-state index in [4.69, 9.17) is 9.15 Å². The summed E-state index contributed by atoms with van der Waals surface area (Å²) in [6.45, 7) is 3.62. The monoisotopic (exact) mass is 396 g/mol. The molecule has 1 N–H and O–H groups in total. The zero-order valence-corrected chi connectivity index (χ0v) is 15.6. The van der Waals surface area contributed by atoms with Gasteiger partial charge in [0.05, 0.1) is 10.5 Å². The van der Waals surface area contributed by atoms with Gasteiger partial charge in [-0.25, -0.2) is 9.59 Å². The molecule has 148 valence electrons. The number of aryl methyl sites for hydroxylation is 1. The number of hydrogen-bond donors (Lipinski definition) is 1. The summed E-state index contributed by atoms with van der Waals surface area (Å²) in [5.41, 5.74) is -0.415. The Morgan fingerprint density at radius 2 is 1.93 bits per heavy atom. The Labute approximate surface area is 164 Å². The van der Waals surface area contributed by atoms with Crippen molar-refractivity contribution in [1.82, 2.24) is 5.32 Å². The number of rotatable bonds is 5. The van der Waals surface area contributed by atoms with Gasteiger partial charge in [0, 0.05) is 29.6 Å². The van der Waals surface area contributed by atoms with Crippen molar-refractivity contribution in [2.75, 3.05) is 6.54 Å². The summed E-state index contributed by atoms with van der Waals surface area (Å²) < 4.78 is 10.4. The SMILES string of the molecule is CCNC(=O)c1cc2ccc(OC(=O)c3ccc([N+](=O)[O-])c(C)c3)cc2oc1=O. The van der Waals surface area contributed by atoms with Gasteiger partial charge in [0.2, 0.25) is 0 Å². The first kappa shape index (κ1) is 19.7. The lowest BCUT2D eigenvalue weighted by molar-refractivity contribution is -0.385. The first-order valence-electron chi connectivity index (χ1n) is 8.63. The Kier molecular flexibility index (Phi) is 5.40. The van der Waals surface area contributed by atoms with Gasteiger partial charge in [0.1, 0.15) is 16.9 Å². The maximum Gasteiger partial charge on any atom is 0.349 e. The summed E-state index contributed by atoms with van der Waals surface area (Å²) in [7, 11) is 0. The number of hydrogen-bond acceptors (Lipinski definition) is 7. The number of amides is 1. The third-order valence-corrected chi connectivity index (χ3v) is 4.13. The van der Waals surface area contributed by atoms with E-state index in [9.17, 15) is 24.5 Å². The standard InChI is InChI=1S/C20H16N2O7/c1-3-21-18(23)15-9-12-4-6-14(10-17(12)29-20(15)25)28-19(24)13-5-7-16(22(26)27)11(2)8-13/h4-10H,3H2,1-2H3,(H,21,23). The second kappa shape index (κ2) is 7.93. The molecule has 0 bridgehead atoms. The Morgan fingerprint density at radius 3 is 2.59 bits per heavy atom. The lowest BCUT2D eigenvalue weighted by Gasteiger charge is -2.07. The molecule has 0 saturated heterocycles. The summed E-state index contributed by atoms with van der Waals surface area (Å²) >= 11 is 0. The van der Waals surface area contributed by atoms with Crippen LogP contribution in [-0.4, -0.2) is 23.3 Å². The lowest BCUT2D eigenvalue weighted by Crippen LogP contribution is -2.27. The van der Waals surface area contributed by atoms with E-state index in [0.717, 1.165) is 0 Å². The van der Waals surface area contributed by atoms with Crippen LogP contribution in [0.2, 0.25) is 0 Å². The van der Waals surface area contributed by atoms with Crippen molar-refractivity contribution in [2.24, 2.45) is 0 Å². The molecule has 0 spiro atoms. The quantitative estimate of drug-likeness (QED) is 0.231. The van der Waals surface area contributed by atoms with Gasteiger partial charge in [0.15, 0.2) is 0 Å². The van der Waals surface area contributed by atoms with E-state index in [0.29, 0.717) is 17.5 Å². The van der Waals surface area contributed by atoms with Crippen LogP contribution < -0.4 is 15.7 Å². The fraction of sp³-hybridized carbons (Fsp3) is 0.150. The largest absolute Gasteiger partial charge is 0.423 e. The van der Waals surface area contributed by atoms with Gasteiger partial charge in [-0.05, 0) is 44.2 Å². The van der Waals surface area contributed by atoms with Crippen LogP contribution in [0.25, 0.3) is 11.0 Å². The molecule has 29 heavy (non-hydrogen) atoms. The zero-order valence-electron chi connectivity index (χ0n) is 15.6. The number of nitro benzene ring substituents is 1. The first-order chi connectivity index (χ1) is 13.8. The molecule has 2 aromatic carbocycles. The van der Waals surface area contributed by atoms with Gasteiger partial charge in [0.25, 0.3) is 11.6 Å². The van der Waals surface area contributed by atoms with Crippen LogP contribution in [0.4, 0.5) is 5.69 Å². The van der Waals surface area contributed by atoms with Crippen molar-refractivity contribution < 1.29 is 23.7 Å². The van der Waals surface area contributed by atoms with Crippen LogP contribution in [0.3, 0.4) is 0 Å². The van der Waals surface area contributed by atoms with Gasteiger partial charge in [-0.15, -0.1) is 0 Å². The van der Waals surface area contributed by atoms with Crippen LogP contribution in [0.5, 0.6) is 5.75 Å². The second-order valence-corrected chi connectivity index (χ2v) is 6.15. The van der Waals surface area contributed by atoms with Gasteiger partial charge in [-0.3, -0.25) is 14.9 Å². The molecule has 0 aliphatic carbocycles. The number of esters is 1. The fourth-order valence-electron chi connectivity index (χ4n) is 2.72. The number of benzene rings is 2. The Bertz CT molecular complexity index is 1200. The molecular formula is C20H16N2O7. The average Bonchev–Trinajstić information content (AvgIpc) is 2.67. The highest BCUT2D eigenvalue weighted by Gasteiger charge is 2.17. The van der Waals surface area contributed by atoms with Crippen LogP contribution in [0, 0.1) is 17.0 Å². The van der Waals surface area contributed by atoms with Crippen LogP contribution in [0.1, 0.15) is 33.2 Å². The normalized spacial score (nSPS) is 10.6. The van der Waals surface area contributed by atoms with Crippen molar-refractivity contribution >= 4 is 28.5 Å². The van der Waals surface area contributed by atoms with Crippen molar-refractivity contribution in [2.45, 2.75) is 13.8 Å². The molecule has 1 amide bonds. The molecule has 9 heteroatoms. The molecule has 0 aliphatic rings. The van der Waals surface area contributed by atoms with Gasteiger partial charge in [-0.1, -0.05) is 0 Å². The highest BCUT2D eigenvalue weighted by molar-refractivity contribution is 5.97. The van der Waals surface area contributed by atoms with Gasteiger partial charge >= 0.3 is 11.6 Å². The number of ether oxygens (including phenoxy) is 1. The van der Waals surface area contributed by atoms with Crippen LogP contribution in [-0.2, 0) is 0 Å². The maximum absolute atomic E-state index is 12.3. The number of nitrogens with one attached hydrogen (secondary N) is 1. The van der Waals surface area contributed by atoms with E-state index in [-0.39, 0.29) is 28.1 Å². The predicted octanol–water partition coefficient (Wildman–Crippen LogP) is 2.98. The maximum atomic E-state index is 12.3. The number of carbonyl (C=O) groups is 2. The minimum absolute atomic E-state index is 0.100. The summed E-state index contributed by atoms with van der Waals surface area (Å²) in [6.07, 6.45) is 0. The molecule has 0 atom stereocenters. The number of carbonyl (C=O) groups excluding carboxylic acids is 2. The predicted molar refractivity (Wildman–Crippen MR) is 103 cm³/mol. The smallest absolute Gasteiger partial charge is 0.349 e. The van der Waals surface area contributed by atoms with E-state index in [1.54, 1.807) is 13.0 Å². The average molecular weight is 396 g/mol. The molecule has 0 saturated carbocycles. The molecule has 9 nitrogen and oxygen atoms in total. The summed E-state index contributed by atoms with van der Waals surface area (Å²) in [4.78, 5) is 46.6. The summed E-state index contributed by atoms with van der Waals surface area (Å²) in [5, 5.41) is 13.9. The van der Waals surface area contributed by atoms with Crippen LogP contribution >= 0.6 is 0 Å². The topological polar surface area (TPSA) is 129 Å². The molecule has 0 fully saturated rings. The molecule has 0 unspecified atom stereocenters. The molecule has 3 rings (SSSR count). The molecule has 3 aromatic rings. The third-order valence-electron chi connectivity index (χ3n) is 4.13. The van der Waals surface area contributed by atoms with E-state index < -0.39 is 22.4 Å². The number of nitro groups is 1. The molecule has 0 aliphatic heterocycles. The minimum atomic E-state index is -0.807. The van der Waals surface area contributed by atoms with Gasteiger partial charge < -0.3 is 14.5 Å². The van der Waals surface area contributed by atoms with E-state index in [1.807, 2.05) is 0 Å². The lowest BCUT2D eigenvalue weighted by atomic mass is 10.1. The Hall–Kier alpha value is -4.01. The minimum Gasteiger partial charge on any atom is -0.423 e. The highest BCUT2D eigenvalue weighted by Crippen LogP contribution is 2.23. The third kappa shape index (κ3) is 4.13. The molecule has 1 heterocycles. The van der Waals surface area contributed by atoms with Crippen molar-refractivity contribution in [3.05, 3.63) is 79.7 Å². The Morgan fingerprint density at radius 1 is 1.17 bits per heavy atom. The zero-order chi connectivity index (χ0) is 21.1. The second-order valence-electron chi connectivity index (χ2n) is 6.15. The van der Waals surface area contributed by atoms with Crippen molar-refractivity contribution in [3.63, 3.8) is 0 Å². The number of fused-ring (bicyclic) bond motifs is 1. The van der Waals surface area contributed by atoms with Gasteiger partial charge in [-0.2, -0.15) is 0 Å². The number of nitrogens with zero attached hydrogens (tertiary/aromatic N) is 1. The summed E-state index contributed by atoms with van der Waals surface area (Å²) in [6, 6.07) is 9.68. The molecule has 0 radical (unpaired) electrons. The van der Waals surface area contributed by atoms with E-state index >= 15 is 0 Å². The Balaban J connectivity index is 1.87. The van der Waals surface area contributed by atoms with Crippen molar-refractivity contribution in [3.8, 4) is 5.75 Å². The summed E-state index contributed by atoms with van der Waals surface area (Å²) in [5.74, 6) is -1.14.